The largest absolute Gasteiger partial charge is 0.348 e. The molecule has 46 heavy (non-hydrogen) atoms. The van der Waals surface area contributed by atoms with Crippen molar-refractivity contribution in [2.75, 3.05) is 5.75 Å². The zero-order chi connectivity index (χ0) is 33.3. The van der Waals surface area contributed by atoms with Gasteiger partial charge in [0.1, 0.15) is 0 Å². The van der Waals surface area contributed by atoms with E-state index < -0.39 is 25.4 Å². The molecule has 1 saturated carbocycles. The van der Waals surface area contributed by atoms with Crippen LogP contribution in [0.3, 0.4) is 0 Å². The van der Waals surface area contributed by atoms with Crippen molar-refractivity contribution in [1.82, 2.24) is 14.6 Å². The van der Waals surface area contributed by atoms with Crippen LogP contribution in [0.25, 0.3) is 22.0 Å². The Morgan fingerprint density at radius 1 is 0.891 bits per heavy atom. The molecule has 2 N–H and O–H groups in total. The maximum Gasteiger partial charge on any atom is 0.253 e. The summed E-state index contributed by atoms with van der Waals surface area (Å²) in [6.07, 6.45) is 5.91. The van der Waals surface area contributed by atoms with Gasteiger partial charge in [0, 0.05) is 41.0 Å². The van der Waals surface area contributed by atoms with Crippen molar-refractivity contribution in [2.24, 2.45) is 5.92 Å². The third-order valence-electron chi connectivity index (χ3n) is 8.78. The van der Waals surface area contributed by atoms with Crippen LogP contribution in [0, 0.1) is 12.8 Å². The van der Waals surface area contributed by atoms with E-state index in [1.807, 2.05) is 64.1 Å². The Morgan fingerprint density at radius 2 is 1.54 bits per heavy atom. The Labute approximate surface area is 273 Å². The fourth-order valence-electron chi connectivity index (χ4n) is 6.41. The number of carbonyl (C=O) groups is 1. The Bertz CT molecular complexity index is 1950. The van der Waals surface area contributed by atoms with Gasteiger partial charge in [-0.3, -0.25) is 4.79 Å². The van der Waals surface area contributed by atoms with Gasteiger partial charge in [0.25, 0.3) is 5.91 Å². The van der Waals surface area contributed by atoms with E-state index in [1.54, 1.807) is 37.3 Å². The molecule has 1 aliphatic carbocycles. The molecule has 3 aromatic carbocycles. The highest BCUT2D eigenvalue weighted by Gasteiger charge is 2.27. The highest BCUT2D eigenvalue weighted by Crippen LogP contribution is 2.37. The van der Waals surface area contributed by atoms with E-state index in [9.17, 15) is 21.6 Å². The summed E-state index contributed by atoms with van der Waals surface area (Å²) in [5.74, 6) is 0.308. The molecule has 0 unspecified atom stereocenters. The standard InChI is InChI=1S/C36H45N3O5S2/c1-6-45(41,42)28-18-16-26(17-19-28)23-37-35(40)32-22-33(39(25(32)2)24-27-12-8-7-9-13-27)30-20-21-34(31-15-11-10-14-29(30)31)46(43,44)38-36(3,4)5/h10-11,14-22,27,38H,6-9,12-13,23-24H2,1-5H3,(H,37,40). The molecule has 0 spiro atoms. The number of carbonyl (C=O) groups excluding carboxylic acids is 1. The molecule has 1 heterocycles. The number of nitrogens with one attached hydrogen (secondary N) is 2. The SMILES string of the molecule is CCS(=O)(=O)c1ccc(CNC(=O)c2cc(-c3ccc(S(=O)(=O)NC(C)(C)C)c4ccccc34)n(CC3CCCCC3)c2C)cc1. The summed E-state index contributed by atoms with van der Waals surface area (Å²) >= 11 is 0. The molecule has 0 aliphatic heterocycles. The molecule has 8 nitrogen and oxygen atoms in total. The van der Waals surface area contributed by atoms with Crippen molar-refractivity contribution in [2.45, 2.75) is 95.1 Å². The average molecular weight is 664 g/mol. The molecule has 0 radical (unpaired) electrons. The lowest BCUT2D eigenvalue weighted by Gasteiger charge is -2.25. The van der Waals surface area contributed by atoms with Crippen LogP contribution in [0.4, 0.5) is 0 Å². The van der Waals surface area contributed by atoms with E-state index >= 15 is 0 Å². The lowest BCUT2D eigenvalue weighted by molar-refractivity contribution is 0.0950. The normalized spacial score (nSPS) is 14.9. The second-order valence-electron chi connectivity index (χ2n) is 13.4. The van der Waals surface area contributed by atoms with Gasteiger partial charge in [-0.2, -0.15) is 0 Å². The van der Waals surface area contributed by atoms with Crippen LogP contribution in [0.5, 0.6) is 0 Å². The third-order valence-corrected chi connectivity index (χ3v) is 12.3. The second kappa shape index (κ2) is 13.3. The first-order valence-corrected chi connectivity index (χ1v) is 19.2. The average Bonchev–Trinajstić information content (AvgIpc) is 3.34. The smallest absolute Gasteiger partial charge is 0.253 e. The minimum atomic E-state index is -3.79. The summed E-state index contributed by atoms with van der Waals surface area (Å²) in [6, 6.07) is 19.6. The van der Waals surface area contributed by atoms with E-state index in [0.717, 1.165) is 47.3 Å². The Morgan fingerprint density at radius 3 is 2.17 bits per heavy atom. The highest BCUT2D eigenvalue weighted by molar-refractivity contribution is 7.91. The van der Waals surface area contributed by atoms with Gasteiger partial charge in [-0.25, -0.2) is 21.6 Å². The van der Waals surface area contributed by atoms with E-state index in [1.165, 1.54) is 19.3 Å². The first-order chi connectivity index (χ1) is 21.7. The van der Waals surface area contributed by atoms with Gasteiger partial charge in [-0.15, -0.1) is 0 Å². The summed E-state index contributed by atoms with van der Waals surface area (Å²) in [6.45, 7) is 10.1. The van der Waals surface area contributed by atoms with Crippen molar-refractivity contribution in [3.8, 4) is 11.3 Å². The molecule has 1 fully saturated rings. The molecule has 0 saturated heterocycles. The zero-order valence-electron chi connectivity index (χ0n) is 27.4. The molecule has 4 aromatic rings. The van der Waals surface area contributed by atoms with Crippen LogP contribution < -0.4 is 10.0 Å². The molecular formula is C36H45N3O5S2. The Balaban J connectivity index is 1.53. The van der Waals surface area contributed by atoms with E-state index in [-0.39, 0.29) is 28.0 Å². The number of benzene rings is 3. The van der Waals surface area contributed by atoms with Crippen LogP contribution in [0.1, 0.15) is 81.4 Å². The van der Waals surface area contributed by atoms with Gasteiger partial charge >= 0.3 is 0 Å². The summed E-state index contributed by atoms with van der Waals surface area (Å²) in [5, 5.41) is 4.45. The van der Waals surface area contributed by atoms with Gasteiger partial charge in [-0.05, 0) is 81.7 Å². The molecule has 246 valence electrons. The predicted octanol–water partition coefficient (Wildman–Crippen LogP) is 7.00. The number of rotatable bonds is 10. The Kier molecular flexibility index (Phi) is 9.82. The quantitative estimate of drug-likeness (QED) is 0.190. The summed E-state index contributed by atoms with van der Waals surface area (Å²) in [5.41, 5.74) is 3.34. The highest BCUT2D eigenvalue weighted by atomic mass is 32.2. The minimum absolute atomic E-state index is 0.0319. The number of fused-ring (bicyclic) bond motifs is 1. The van der Waals surface area contributed by atoms with Crippen LogP contribution in [0.2, 0.25) is 0 Å². The van der Waals surface area contributed by atoms with Crippen LogP contribution in [-0.4, -0.2) is 38.6 Å². The summed E-state index contributed by atoms with van der Waals surface area (Å²) < 4.78 is 56.3. The fourth-order valence-corrected chi connectivity index (χ4v) is 8.92. The van der Waals surface area contributed by atoms with Crippen LogP contribution >= 0.6 is 0 Å². The molecule has 1 amide bonds. The molecular weight excluding hydrogens is 619 g/mol. The molecule has 0 atom stereocenters. The van der Waals surface area contributed by atoms with Gasteiger partial charge < -0.3 is 9.88 Å². The molecule has 10 heteroatoms. The predicted molar refractivity (Wildman–Crippen MR) is 184 cm³/mol. The van der Waals surface area contributed by atoms with Gasteiger partial charge in [0.2, 0.25) is 10.0 Å². The fraction of sp³-hybridized carbons (Fsp3) is 0.417. The topological polar surface area (TPSA) is 114 Å². The number of aromatic nitrogens is 1. The van der Waals surface area contributed by atoms with Crippen molar-refractivity contribution in [1.29, 1.82) is 0 Å². The monoisotopic (exact) mass is 663 g/mol. The van der Waals surface area contributed by atoms with Crippen molar-refractivity contribution < 1.29 is 21.6 Å². The lowest BCUT2D eigenvalue weighted by atomic mass is 9.89. The number of sulfone groups is 1. The second-order valence-corrected chi connectivity index (χ2v) is 17.3. The number of sulfonamides is 1. The summed E-state index contributed by atoms with van der Waals surface area (Å²) in [4.78, 5) is 14.2. The van der Waals surface area contributed by atoms with Crippen LogP contribution in [-0.2, 0) is 33.0 Å². The van der Waals surface area contributed by atoms with E-state index in [0.29, 0.717) is 16.9 Å². The number of nitrogens with zero attached hydrogens (tertiary/aromatic N) is 1. The Hall–Kier alpha value is -3.47. The molecule has 1 aliphatic rings. The molecule has 0 bridgehead atoms. The van der Waals surface area contributed by atoms with Gasteiger partial charge in [0.05, 0.1) is 21.1 Å². The zero-order valence-corrected chi connectivity index (χ0v) is 29.0. The number of hydrogen-bond donors (Lipinski definition) is 2. The first-order valence-electron chi connectivity index (χ1n) is 16.1. The number of hydrogen-bond acceptors (Lipinski definition) is 5. The lowest BCUT2D eigenvalue weighted by Crippen LogP contribution is -2.40. The number of amides is 1. The van der Waals surface area contributed by atoms with Crippen LogP contribution in [0.15, 0.2) is 76.5 Å². The maximum absolute atomic E-state index is 13.7. The first kappa shape index (κ1) is 33.9. The van der Waals surface area contributed by atoms with Gasteiger partial charge in [-0.1, -0.05) is 68.7 Å². The molecule has 1 aromatic heterocycles. The molecule has 5 rings (SSSR count). The van der Waals surface area contributed by atoms with Crippen molar-refractivity contribution >= 4 is 36.5 Å². The third kappa shape index (κ3) is 7.40. The van der Waals surface area contributed by atoms with Crippen molar-refractivity contribution in [3.05, 3.63) is 83.6 Å². The van der Waals surface area contributed by atoms with E-state index in [4.69, 9.17) is 0 Å². The summed E-state index contributed by atoms with van der Waals surface area (Å²) in [7, 11) is -7.09. The van der Waals surface area contributed by atoms with Gasteiger partial charge in [0.15, 0.2) is 9.84 Å². The minimum Gasteiger partial charge on any atom is -0.348 e. The van der Waals surface area contributed by atoms with Crippen molar-refractivity contribution in [3.63, 3.8) is 0 Å². The maximum atomic E-state index is 13.7. The van der Waals surface area contributed by atoms with E-state index in [2.05, 4.69) is 14.6 Å².